The molecule has 1 unspecified atom stereocenters. The second-order valence-electron chi connectivity index (χ2n) is 7.32. The molecule has 24 heavy (non-hydrogen) atoms. The lowest BCUT2D eigenvalue weighted by molar-refractivity contribution is -0.928. The zero-order chi connectivity index (χ0) is 16.7. The molecule has 2 aromatic rings. The highest BCUT2D eigenvalue weighted by Crippen LogP contribution is 2.42. The van der Waals surface area contributed by atoms with Crippen LogP contribution in [0.3, 0.4) is 0 Å². The van der Waals surface area contributed by atoms with E-state index in [-0.39, 0.29) is 5.91 Å². The standard InChI is InChI=1S/C20H24N2OS/c1-13-3-6-17(14(2)11-13)21-19(23)12-22-9-7-18-16(8-10-24-18)20(22)15-4-5-15/h3,6,8,10-11,15,20H,4-5,7,9,12H2,1-2H3,(H,21,23)/p+1/t20-/m0/s1. The van der Waals surface area contributed by atoms with Crippen molar-refractivity contribution in [2.24, 2.45) is 5.92 Å². The Hall–Kier alpha value is -1.65. The fourth-order valence-electron chi connectivity index (χ4n) is 4.05. The zero-order valence-corrected chi connectivity index (χ0v) is 15.2. The van der Waals surface area contributed by atoms with E-state index in [2.05, 4.69) is 42.7 Å². The van der Waals surface area contributed by atoms with Gasteiger partial charge in [0.05, 0.1) is 6.54 Å². The summed E-state index contributed by atoms with van der Waals surface area (Å²) in [6.45, 7) is 5.79. The summed E-state index contributed by atoms with van der Waals surface area (Å²) in [5.41, 5.74) is 4.83. The molecule has 1 aromatic carbocycles. The Balaban J connectivity index is 1.47. The molecule has 0 radical (unpaired) electrons. The largest absolute Gasteiger partial charge is 0.321 e. The molecule has 4 rings (SSSR count). The first kappa shape index (κ1) is 15.9. The average molecular weight is 342 g/mol. The molecule has 2 atom stereocenters. The Bertz CT molecular complexity index is 763. The van der Waals surface area contributed by atoms with E-state index < -0.39 is 0 Å². The number of benzene rings is 1. The van der Waals surface area contributed by atoms with Crippen LogP contribution in [-0.2, 0) is 11.2 Å². The average Bonchev–Trinajstić information content (AvgIpc) is 3.26. The first-order valence-electron chi connectivity index (χ1n) is 8.90. The molecule has 4 heteroatoms. The van der Waals surface area contributed by atoms with E-state index in [9.17, 15) is 4.79 Å². The Kier molecular flexibility index (Phi) is 4.19. The van der Waals surface area contributed by atoms with E-state index in [1.54, 1.807) is 4.88 Å². The Morgan fingerprint density at radius 3 is 2.88 bits per heavy atom. The van der Waals surface area contributed by atoms with Gasteiger partial charge in [0, 0.05) is 28.5 Å². The lowest BCUT2D eigenvalue weighted by Gasteiger charge is -2.32. The number of nitrogens with one attached hydrogen (secondary N) is 2. The molecule has 1 amide bonds. The van der Waals surface area contributed by atoms with Crippen molar-refractivity contribution in [3.05, 3.63) is 51.2 Å². The monoisotopic (exact) mass is 341 g/mol. The van der Waals surface area contributed by atoms with Gasteiger partial charge in [0.25, 0.3) is 5.91 Å². The highest BCUT2D eigenvalue weighted by molar-refractivity contribution is 7.10. The first-order valence-corrected chi connectivity index (χ1v) is 9.78. The molecule has 0 bridgehead atoms. The molecule has 1 aliphatic carbocycles. The van der Waals surface area contributed by atoms with Gasteiger partial charge in [-0.15, -0.1) is 11.3 Å². The van der Waals surface area contributed by atoms with Gasteiger partial charge in [-0.2, -0.15) is 0 Å². The molecule has 0 saturated heterocycles. The van der Waals surface area contributed by atoms with E-state index in [0.717, 1.165) is 30.1 Å². The minimum absolute atomic E-state index is 0.140. The molecule has 1 aromatic heterocycles. The van der Waals surface area contributed by atoms with Crippen LogP contribution in [0.2, 0.25) is 0 Å². The molecule has 3 nitrogen and oxygen atoms in total. The van der Waals surface area contributed by atoms with Crippen LogP contribution in [0.25, 0.3) is 0 Å². The molecule has 2 heterocycles. The van der Waals surface area contributed by atoms with Crippen LogP contribution in [0.4, 0.5) is 5.69 Å². The normalized spacial score (nSPS) is 22.9. The van der Waals surface area contributed by atoms with Crippen LogP contribution in [0, 0.1) is 19.8 Å². The number of hydrogen-bond acceptors (Lipinski definition) is 2. The van der Waals surface area contributed by atoms with Crippen molar-refractivity contribution in [1.29, 1.82) is 0 Å². The second-order valence-corrected chi connectivity index (χ2v) is 8.32. The third-order valence-electron chi connectivity index (χ3n) is 5.36. The summed E-state index contributed by atoms with van der Waals surface area (Å²) in [5.74, 6) is 0.920. The number of carbonyl (C=O) groups excluding carboxylic acids is 1. The lowest BCUT2D eigenvalue weighted by atomic mass is 9.96. The fourth-order valence-corrected chi connectivity index (χ4v) is 4.98. The number of aryl methyl sites for hydroxylation is 2. The SMILES string of the molecule is Cc1ccc(NC(=O)C[NH+]2CCc3sccc3[C@@H]2C2CC2)c(C)c1. The van der Waals surface area contributed by atoms with Gasteiger partial charge in [-0.1, -0.05) is 17.7 Å². The van der Waals surface area contributed by atoms with Gasteiger partial charge in [-0.05, 0) is 49.8 Å². The highest BCUT2D eigenvalue weighted by atomic mass is 32.1. The summed E-state index contributed by atoms with van der Waals surface area (Å²) in [7, 11) is 0. The van der Waals surface area contributed by atoms with Crippen molar-refractivity contribution < 1.29 is 9.69 Å². The number of carbonyl (C=O) groups is 1. The maximum absolute atomic E-state index is 12.6. The number of fused-ring (bicyclic) bond motifs is 1. The van der Waals surface area contributed by atoms with Crippen molar-refractivity contribution in [3.63, 3.8) is 0 Å². The smallest absolute Gasteiger partial charge is 0.279 e. The summed E-state index contributed by atoms with van der Waals surface area (Å²) < 4.78 is 0. The zero-order valence-electron chi connectivity index (χ0n) is 14.4. The second kappa shape index (κ2) is 6.34. The van der Waals surface area contributed by atoms with Crippen LogP contribution >= 0.6 is 11.3 Å². The van der Waals surface area contributed by atoms with Crippen LogP contribution in [-0.4, -0.2) is 19.0 Å². The molecular weight excluding hydrogens is 316 g/mol. The number of thiophene rings is 1. The molecule has 1 aliphatic heterocycles. The number of rotatable bonds is 4. The summed E-state index contributed by atoms with van der Waals surface area (Å²) in [6, 6.07) is 9.02. The van der Waals surface area contributed by atoms with Gasteiger partial charge in [0.1, 0.15) is 6.04 Å². The van der Waals surface area contributed by atoms with E-state index in [4.69, 9.17) is 0 Å². The molecule has 126 valence electrons. The van der Waals surface area contributed by atoms with Gasteiger partial charge in [-0.3, -0.25) is 4.79 Å². The molecule has 2 aliphatic rings. The van der Waals surface area contributed by atoms with Gasteiger partial charge >= 0.3 is 0 Å². The van der Waals surface area contributed by atoms with E-state index in [0.29, 0.717) is 12.6 Å². The summed E-state index contributed by atoms with van der Waals surface area (Å²) in [5, 5.41) is 5.35. The number of quaternary nitrogens is 1. The molecule has 2 N–H and O–H groups in total. The predicted molar refractivity (Wildman–Crippen MR) is 98.7 cm³/mol. The summed E-state index contributed by atoms with van der Waals surface area (Å²) in [6.07, 6.45) is 3.76. The first-order chi connectivity index (χ1) is 11.6. The van der Waals surface area contributed by atoms with Gasteiger partial charge in [-0.25, -0.2) is 0 Å². The van der Waals surface area contributed by atoms with Crippen molar-refractivity contribution in [2.45, 2.75) is 39.2 Å². The van der Waals surface area contributed by atoms with Crippen molar-refractivity contribution >= 4 is 22.9 Å². The van der Waals surface area contributed by atoms with Crippen LogP contribution in [0.15, 0.2) is 29.6 Å². The maximum atomic E-state index is 12.6. The van der Waals surface area contributed by atoms with Gasteiger partial charge < -0.3 is 10.2 Å². The number of anilines is 1. The van der Waals surface area contributed by atoms with Crippen LogP contribution in [0.5, 0.6) is 0 Å². The molecule has 0 spiro atoms. The Morgan fingerprint density at radius 1 is 1.29 bits per heavy atom. The molecular formula is C20H25N2OS+. The topological polar surface area (TPSA) is 33.5 Å². The minimum Gasteiger partial charge on any atom is -0.321 e. The van der Waals surface area contributed by atoms with Gasteiger partial charge in [0.2, 0.25) is 0 Å². The number of amides is 1. The third kappa shape index (κ3) is 3.13. The molecule has 1 saturated carbocycles. The van der Waals surface area contributed by atoms with Crippen molar-refractivity contribution in [3.8, 4) is 0 Å². The Labute approximate surface area is 147 Å². The summed E-state index contributed by atoms with van der Waals surface area (Å²) in [4.78, 5) is 15.6. The third-order valence-corrected chi connectivity index (χ3v) is 6.36. The van der Waals surface area contributed by atoms with Crippen LogP contribution < -0.4 is 10.2 Å². The van der Waals surface area contributed by atoms with E-state index >= 15 is 0 Å². The van der Waals surface area contributed by atoms with Gasteiger partial charge in [0.15, 0.2) is 6.54 Å². The lowest BCUT2D eigenvalue weighted by Crippen LogP contribution is -3.14. The Morgan fingerprint density at radius 2 is 2.12 bits per heavy atom. The van der Waals surface area contributed by atoms with Crippen molar-refractivity contribution in [2.75, 3.05) is 18.4 Å². The maximum Gasteiger partial charge on any atom is 0.279 e. The van der Waals surface area contributed by atoms with E-state index in [1.807, 2.05) is 17.4 Å². The quantitative estimate of drug-likeness (QED) is 0.881. The number of hydrogen-bond donors (Lipinski definition) is 2. The predicted octanol–water partition coefficient (Wildman–Crippen LogP) is 2.90. The molecule has 1 fully saturated rings. The fraction of sp³-hybridized carbons (Fsp3) is 0.450. The van der Waals surface area contributed by atoms with Crippen molar-refractivity contribution in [1.82, 2.24) is 0 Å². The summed E-state index contributed by atoms with van der Waals surface area (Å²) >= 11 is 1.89. The van der Waals surface area contributed by atoms with Crippen LogP contribution in [0.1, 0.15) is 40.5 Å². The minimum atomic E-state index is 0.140. The highest BCUT2D eigenvalue weighted by Gasteiger charge is 2.43. The van der Waals surface area contributed by atoms with E-state index in [1.165, 1.54) is 28.9 Å².